The van der Waals surface area contributed by atoms with Gasteiger partial charge in [-0.3, -0.25) is 14.6 Å². The highest BCUT2D eigenvalue weighted by Crippen LogP contribution is 2.23. The summed E-state index contributed by atoms with van der Waals surface area (Å²) in [5, 5.41) is 35.7. The van der Waals surface area contributed by atoms with E-state index in [2.05, 4.69) is 36.3 Å². The van der Waals surface area contributed by atoms with Crippen LogP contribution in [-0.4, -0.2) is 89.7 Å². The molecule has 2 aromatic carbocycles. The highest BCUT2D eigenvalue weighted by molar-refractivity contribution is 5.86. The summed E-state index contributed by atoms with van der Waals surface area (Å²) in [6.07, 6.45) is -0.631. The number of carbonyl (C=O) groups is 4. The van der Waals surface area contributed by atoms with Gasteiger partial charge in [0.15, 0.2) is 0 Å². The number of methoxy groups -OCH3 is 1. The van der Waals surface area contributed by atoms with Crippen molar-refractivity contribution in [2.45, 2.75) is 91.1 Å². The van der Waals surface area contributed by atoms with Gasteiger partial charge in [0.1, 0.15) is 6.04 Å². The number of nitrogens with zero attached hydrogens (tertiary/aromatic N) is 1. The van der Waals surface area contributed by atoms with Crippen LogP contribution in [0.2, 0.25) is 0 Å². The molecule has 0 aliphatic heterocycles. The Morgan fingerprint density at radius 3 is 1.91 bits per heavy atom. The summed E-state index contributed by atoms with van der Waals surface area (Å²) < 4.78 is 4.63. The minimum Gasteiger partial charge on any atom is -0.465 e. The van der Waals surface area contributed by atoms with Crippen molar-refractivity contribution >= 4 is 24.0 Å². The molecule has 0 bridgehead atoms. The minimum atomic E-state index is -1.32. The number of hydrogen-bond donors (Lipinski definition) is 7. The molecule has 13 nitrogen and oxygen atoms in total. The van der Waals surface area contributed by atoms with Crippen LogP contribution < -0.4 is 26.6 Å². The normalized spacial score (nSPS) is 14.5. The number of amides is 4. The van der Waals surface area contributed by atoms with E-state index in [4.69, 9.17) is 0 Å². The zero-order valence-electron chi connectivity index (χ0n) is 31.8. The van der Waals surface area contributed by atoms with E-state index < -0.39 is 59.2 Å². The molecule has 0 saturated carbocycles. The number of pyridine rings is 1. The van der Waals surface area contributed by atoms with E-state index in [1.54, 1.807) is 27.0 Å². The Balaban J connectivity index is 1.91. The van der Waals surface area contributed by atoms with Crippen molar-refractivity contribution < 1.29 is 34.1 Å². The lowest BCUT2D eigenvalue weighted by Gasteiger charge is -2.35. The number of carbonyl (C=O) groups excluding carboxylic acids is 3. The van der Waals surface area contributed by atoms with Crippen LogP contribution in [-0.2, 0) is 27.2 Å². The SMILES string of the molecule is COC(=O)NCCN[C@H](C(=O)N[C@@H](Cc1ccccc1)[C@@H](O)C[C@@H](Cc1ccc(-c2ccccn2)cc1)NC(=O)[C@@H](NC(=O)O)C(C)(C)C)C(C)(C)C. The first-order valence-corrected chi connectivity index (χ1v) is 17.9. The Hall–Kier alpha value is -5.01. The zero-order chi connectivity index (χ0) is 39.2. The Kier molecular flexibility index (Phi) is 15.8. The highest BCUT2D eigenvalue weighted by atomic mass is 16.5. The summed E-state index contributed by atoms with van der Waals surface area (Å²) >= 11 is 0. The predicted molar refractivity (Wildman–Crippen MR) is 204 cm³/mol. The number of benzene rings is 2. The fourth-order valence-corrected chi connectivity index (χ4v) is 6.02. The number of rotatable bonds is 17. The summed E-state index contributed by atoms with van der Waals surface area (Å²) in [5.74, 6) is -0.858. The van der Waals surface area contributed by atoms with Crippen LogP contribution in [0.15, 0.2) is 79.0 Å². The van der Waals surface area contributed by atoms with Crippen molar-refractivity contribution in [3.8, 4) is 11.3 Å². The fourth-order valence-electron chi connectivity index (χ4n) is 6.02. The number of carboxylic acid groups (broad SMARTS) is 1. The third-order valence-corrected chi connectivity index (χ3v) is 8.81. The summed E-state index contributed by atoms with van der Waals surface area (Å²) in [7, 11) is 1.28. The first kappa shape index (κ1) is 42.4. The van der Waals surface area contributed by atoms with E-state index in [9.17, 15) is 29.4 Å². The number of nitrogens with one attached hydrogen (secondary N) is 5. The number of hydrogen-bond acceptors (Lipinski definition) is 8. The second-order valence-corrected chi connectivity index (χ2v) is 15.3. The smallest absolute Gasteiger partial charge is 0.406 e. The molecule has 1 heterocycles. The lowest BCUT2D eigenvalue weighted by molar-refractivity contribution is -0.128. The molecule has 0 aliphatic rings. The molecule has 1 aromatic heterocycles. The van der Waals surface area contributed by atoms with Crippen LogP contribution in [0.4, 0.5) is 9.59 Å². The number of alkyl carbamates (subject to hydrolysis) is 1. The summed E-state index contributed by atoms with van der Waals surface area (Å²) in [5.41, 5.74) is 2.22. The van der Waals surface area contributed by atoms with Crippen LogP contribution in [0.1, 0.15) is 59.1 Å². The third kappa shape index (κ3) is 14.1. The lowest BCUT2D eigenvalue weighted by Crippen LogP contribution is -2.58. The molecule has 4 amide bonds. The second-order valence-electron chi connectivity index (χ2n) is 15.3. The van der Waals surface area contributed by atoms with Gasteiger partial charge in [-0.1, -0.05) is 102 Å². The molecular formula is C40H56N6O7. The van der Waals surface area contributed by atoms with Gasteiger partial charge in [-0.2, -0.15) is 0 Å². The van der Waals surface area contributed by atoms with Gasteiger partial charge in [0, 0.05) is 30.9 Å². The Morgan fingerprint density at radius 1 is 0.736 bits per heavy atom. The van der Waals surface area contributed by atoms with E-state index in [-0.39, 0.29) is 18.9 Å². The van der Waals surface area contributed by atoms with Gasteiger partial charge in [-0.25, -0.2) is 9.59 Å². The first-order chi connectivity index (χ1) is 25.0. The number of aliphatic hydroxyl groups excluding tert-OH is 1. The van der Waals surface area contributed by atoms with Crippen molar-refractivity contribution in [3.63, 3.8) is 0 Å². The van der Waals surface area contributed by atoms with Gasteiger partial charge in [0.05, 0.1) is 31.0 Å². The average molecular weight is 733 g/mol. The van der Waals surface area contributed by atoms with Crippen LogP contribution in [0.5, 0.6) is 0 Å². The average Bonchev–Trinajstić information content (AvgIpc) is 3.10. The molecule has 0 radical (unpaired) electrons. The van der Waals surface area contributed by atoms with Crippen molar-refractivity contribution in [3.05, 3.63) is 90.1 Å². The van der Waals surface area contributed by atoms with E-state index in [1.807, 2.05) is 93.6 Å². The van der Waals surface area contributed by atoms with Crippen molar-refractivity contribution in [2.75, 3.05) is 20.2 Å². The van der Waals surface area contributed by atoms with Crippen LogP contribution in [0, 0.1) is 10.8 Å². The number of aliphatic hydroxyl groups is 1. The molecule has 0 saturated heterocycles. The largest absolute Gasteiger partial charge is 0.465 e. The molecule has 7 N–H and O–H groups in total. The molecule has 0 fully saturated rings. The molecule has 3 rings (SSSR count). The molecule has 0 spiro atoms. The number of ether oxygens (including phenoxy) is 1. The maximum atomic E-state index is 13.9. The second kappa shape index (κ2) is 19.7. The summed E-state index contributed by atoms with van der Waals surface area (Å²) in [6, 6.07) is 19.7. The van der Waals surface area contributed by atoms with E-state index >= 15 is 0 Å². The van der Waals surface area contributed by atoms with Gasteiger partial charge >= 0.3 is 12.2 Å². The maximum absolute atomic E-state index is 13.9. The van der Waals surface area contributed by atoms with Gasteiger partial charge < -0.3 is 41.5 Å². The molecule has 0 aliphatic carbocycles. The first-order valence-electron chi connectivity index (χ1n) is 17.9. The standard InChI is InChI=1S/C40H56N6O7/c1-39(2,3)33(42-21-22-43-38(52)53-7)35(48)45-31(24-26-13-9-8-10-14-26)32(47)25-29(44-36(49)34(40(4,5)6)46-37(50)51)23-27-16-18-28(19-17-27)30-15-11-12-20-41-30/h8-20,29,31-34,42,46-47H,21-25H2,1-7H3,(H,43,52)(H,44,49)(H,45,48)(H,50,51)/t29-,31+,32+,33-,34-/m1/s1. The summed E-state index contributed by atoms with van der Waals surface area (Å²) in [4.78, 5) is 55.3. The van der Waals surface area contributed by atoms with Crippen LogP contribution in [0.3, 0.4) is 0 Å². The van der Waals surface area contributed by atoms with Gasteiger partial charge in [-0.05, 0) is 53.4 Å². The monoisotopic (exact) mass is 732 g/mol. The van der Waals surface area contributed by atoms with Crippen molar-refractivity contribution in [1.29, 1.82) is 0 Å². The number of aromatic nitrogens is 1. The van der Waals surface area contributed by atoms with Crippen molar-refractivity contribution in [1.82, 2.24) is 31.6 Å². The van der Waals surface area contributed by atoms with Gasteiger partial charge in [-0.15, -0.1) is 0 Å². The molecular weight excluding hydrogens is 676 g/mol. The Morgan fingerprint density at radius 2 is 1.34 bits per heavy atom. The molecule has 53 heavy (non-hydrogen) atoms. The minimum absolute atomic E-state index is 0.0477. The quantitative estimate of drug-likeness (QED) is 0.0993. The zero-order valence-corrected chi connectivity index (χ0v) is 31.8. The molecule has 5 atom stereocenters. The van der Waals surface area contributed by atoms with Gasteiger partial charge in [0.2, 0.25) is 11.8 Å². The van der Waals surface area contributed by atoms with Crippen LogP contribution in [0.25, 0.3) is 11.3 Å². The van der Waals surface area contributed by atoms with E-state index in [1.165, 1.54) is 7.11 Å². The van der Waals surface area contributed by atoms with E-state index in [0.29, 0.717) is 19.4 Å². The molecule has 3 aromatic rings. The Bertz CT molecular complexity index is 1610. The van der Waals surface area contributed by atoms with Crippen molar-refractivity contribution in [2.24, 2.45) is 10.8 Å². The molecule has 0 unspecified atom stereocenters. The predicted octanol–water partition coefficient (Wildman–Crippen LogP) is 4.30. The van der Waals surface area contributed by atoms with Gasteiger partial charge in [0.25, 0.3) is 0 Å². The maximum Gasteiger partial charge on any atom is 0.406 e. The topological polar surface area (TPSA) is 191 Å². The third-order valence-electron chi connectivity index (χ3n) is 8.81. The lowest BCUT2D eigenvalue weighted by atomic mass is 9.85. The van der Waals surface area contributed by atoms with Crippen LogP contribution >= 0.6 is 0 Å². The van der Waals surface area contributed by atoms with E-state index in [0.717, 1.165) is 22.4 Å². The fraction of sp³-hybridized carbons (Fsp3) is 0.475. The molecule has 288 valence electrons. The Labute approximate surface area is 312 Å². The molecule has 13 heteroatoms. The highest BCUT2D eigenvalue weighted by Gasteiger charge is 2.36. The summed E-state index contributed by atoms with van der Waals surface area (Å²) in [6.45, 7) is 11.6.